The fraction of sp³-hybridized carbons (Fsp3) is 0.417. The van der Waals surface area contributed by atoms with Crippen molar-refractivity contribution >= 4 is 17.5 Å². The molecular weight excluding hydrogens is 242 g/mol. The lowest BCUT2D eigenvalue weighted by Crippen LogP contribution is -2.37. The van der Waals surface area contributed by atoms with Crippen LogP contribution in [0.15, 0.2) is 24.3 Å². The Bertz CT molecular complexity index is 384. The normalized spacial score (nSPS) is 12.2. The Morgan fingerprint density at radius 1 is 1.53 bits per heavy atom. The molecule has 17 heavy (non-hydrogen) atoms. The summed E-state index contributed by atoms with van der Waals surface area (Å²) in [5.74, 6) is -0.155. The summed E-state index contributed by atoms with van der Waals surface area (Å²) in [7, 11) is 0. The first-order valence-electron chi connectivity index (χ1n) is 5.32. The molecule has 1 amide bonds. The Hall–Kier alpha value is -1.10. The average molecular weight is 258 g/mol. The van der Waals surface area contributed by atoms with Crippen molar-refractivity contribution in [2.45, 2.75) is 19.6 Å². The number of aliphatic hydroxyl groups is 2. The number of carbonyl (C=O) groups excluding carboxylic acids is 1. The van der Waals surface area contributed by atoms with Crippen molar-refractivity contribution in [2.24, 2.45) is 0 Å². The largest absolute Gasteiger partial charge is 0.394 e. The second-order valence-electron chi connectivity index (χ2n) is 3.87. The van der Waals surface area contributed by atoms with Gasteiger partial charge in [0.25, 0.3) is 0 Å². The van der Waals surface area contributed by atoms with Crippen LogP contribution in [0.5, 0.6) is 0 Å². The molecule has 1 aromatic carbocycles. The molecule has 0 saturated carbocycles. The third kappa shape index (κ3) is 4.73. The van der Waals surface area contributed by atoms with Crippen molar-refractivity contribution < 1.29 is 15.0 Å². The van der Waals surface area contributed by atoms with Crippen LogP contribution in [0.1, 0.15) is 12.5 Å². The van der Waals surface area contributed by atoms with Crippen molar-refractivity contribution in [2.75, 3.05) is 13.2 Å². The van der Waals surface area contributed by atoms with Gasteiger partial charge in [0.2, 0.25) is 5.91 Å². The van der Waals surface area contributed by atoms with Crippen LogP contribution in [0.4, 0.5) is 0 Å². The van der Waals surface area contributed by atoms with E-state index in [2.05, 4.69) is 0 Å². The minimum Gasteiger partial charge on any atom is -0.394 e. The maximum atomic E-state index is 11.4. The predicted octanol–water partition coefficient (Wildman–Crippen LogP) is 1.04. The van der Waals surface area contributed by atoms with E-state index in [1.54, 1.807) is 18.2 Å². The molecule has 1 aromatic rings. The van der Waals surface area contributed by atoms with Crippen molar-refractivity contribution in [3.8, 4) is 0 Å². The lowest BCUT2D eigenvalue weighted by atomic mass is 10.2. The summed E-state index contributed by atoms with van der Waals surface area (Å²) in [5, 5.41) is 18.7. The van der Waals surface area contributed by atoms with Gasteiger partial charge in [-0.15, -0.1) is 0 Å². The topological polar surface area (TPSA) is 60.8 Å². The van der Waals surface area contributed by atoms with Crippen LogP contribution in [0.3, 0.4) is 0 Å². The van der Waals surface area contributed by atoms with E-state index >= 15 is 0 Å². The van der Waals surface area contributed by atoms with Crippen LogP contribution >= 0.6 is 11.6 Å². The summed E-state index contributed by atoms with van der Waals surface area (Å²) in [6.45, 7) is 1.54. The van der Waals surface area contributed by atoms with E-state index in [4.69, 9.17) is 16.7 Å². The van der Waals surface area contributed by atoms with Gasteiger partial charge in [-0.3, -0.25) is 4.79 Å². The number of benzene rings is 1. The Kier molecular flexibility index (Phi) is 5.41. The minimum atomic E-state index is -0.918. The number of halogens is 1. The Morgan fingerprint density at radius 2 is 2.24 bits per heavy atom. The molecule has 5 heteroatoms. The summed E-state index contributed by atoms with van der Waals surface area (Å²) >= 11 is 5.85. The van der Waals surface area contributed by atoms with Crippen LogP contribution in [-0.4, -0.2) is 40.3 Å². The highest BCUT2D eigenvalue weighted by molar-refractivity contribution is 6.30. The first-order valence-corrected chi connectivity index (χ1v) is 5.69. The molecule has 0 aliphatic heterocycles. The second-order valence-corrected chi connectivity index (χ2v) is 4.30. The number of rotatable bonds is 5. The van der Waals surface area contributed by atoms with Crippen LogP contribution in [-0.2, 0) is 11.3 Å². The van der Waals surface area contributed by atoms with Gasteiger partial charge in [0.1, 0.15) is 0 Å². The molecule has 1 unspecified atom stereocenters. The monoisotopic (exact) mass is 257 g/mol. The minimum absolute atomic E-state index is 0.109. The van der Waals surface area contributed by atoms with Crippen molar-refractivity contribution in [3.05, 3.63) is 34.9 Å². The van der Waals surface area contributed by atoms with Gasteiger partial charge >= 0.3 is 0 Å². The van der Waals surface area contributed by atoms with Crippen LogP contribution < -0.4 is 0 Å². The molecule has 1 rings (SSSR count). The summed E-state index contributed by atoms with van der Waals surface area (Å²) in [6.07, 6.45) is -0.918. The van der Waals surface area contributed by atoms with Crippen LogP contribution in [0, 0.1) is 0 Å². The highest BCUT2D eigenvalue weighted by Gasteiger charge is 2.14. The number of aliphatic hydroxyl groups excluding tert-OH is 2. The summed E-state index contributed by atoms with van der Waals surface area (Å²) < 4.78 is 0. The van der Waals surface area contributed by atoms with Gasteiger partial charge in [-0.2, -0.15) is 0 Å². The summed E-state index contributed by atoms with van der Waals surface area (Å²) in [4.78, 5) is 12.8. The molecule has 0 bridgehead atoms. The Morgan fingerprint density at radius 3 is 2.76 bits per heavy atom. The molecule has 0 saturated heterocycles. The van der Waals surface area contributed by atoms with Crippen molar-refractivity contribution in [1.29, 1.82) is 0 Å². The maximum absolute atomic E-state index is 11.4. The first kappa shape index (κ1) is 14.0. The predicted molar refractivity (Wildman–Crippen MR) is 65.6 cm³/mol. The number of carbonyl (C=O) groups is 1. The van der Waals surface area contributed by atoms with E-state index in [0.717, 1.165) is 5.56 Å². The van der Waals surface area contributed by atoms with E-state index in [0.29, 0.717) is 11.6 Å². The SMILES string of the molecule is CC(=O)N(Cc1cccc(Cl)c1)CC(O)CO. The zero-order chi connectivity index (χ0) is 12.8. The average Bonchev–Trinajstić information content (AvgIpc) is 2.27. The standard InChI is InChI=1S/C12H16ClNO3/c1-9(16)14(7-12(17)8-15)6-10-3-2-4-11(13)5-10/h2-5,12,15,17H,6-8H2,1H3. The van der Waals surface area contributed by atoms with E-state index in [9.17, 15) is 9.90 Å². The molecule has 0 aliphatic rings. The summed E-state index contributed by atoms with van der Waals surface area (Å²) in [6, 6.07) is 7.18. The molecular formula is C12H16ClNO3. The van der Waals surface area contributed by atoms with E-state index in [1.165, 1.54) is 11.8 Å². The van der Waals surface area contributed by atoms with Gasteiger partial charge in [0.15, 0.2) is 0 Å². The van der Waals surface area contributed by atoms with Crippen molar-refractivity contribution in [1.82, 2.24) is 4.90 Å². The zero-order valence-electron chi connectivity index (χ0n) is 9.64. The van der Waals surface area contributed by atoms with Crippen molar-refractivity contribution in [3.63, 3.8) is 0 Å². The van der Waals surface area contributed by atoms with E-state index in [1.807, 2.05) is 6.07 Å². The third-order valence-electron chi connectivity index (χ3n) is 2.35. The Balaban J connectivity index is 2.70. The third-order valence-corrected chi connectivity index (χ3v) is 2.58. The van der Waals surface area contributed by atoms with E-state index in [-0.39, 0.29) is 19.1 Å². The van der Waals surface area contributed by atoms with Gasteiger partial charge in [0, 0.05) is 25.0 Å². The molecule has 0 radical (unpaired) electrons. The summed E-state index contributed by atoms with van der Waals surface area (Å²) in [5.41, 5.74) is 0.887. The Labute approximate surface area is 105 Å². The lowest BCUT2D eigenvalue weighted by molar-refractivity contribution is -0.131. The first-order chi connectivity index (χ1) is 8.02. The highest BCUT2D eigenvalue weighted by atomic mass is 35.5. The molecule has 4 nitrogen and oxygen atoms in total. The van der Waals surface area contributed by atoms with Gasteiger partial charge in [0.05, 0.1) is 12.7 Å². The maximum Gasteiger partial charge on any atom is 0.219 e. The van der Waals surface area contributed by atoms with Crippen LogP contribution in [0.25, 0.3) is 0 Å². The number of amides is 1. The fourth-order valence-corrected chi connectivity index (χ4v) is 1.69. The molecule has 0 aromatic heterocycles. The second kappa shape index (κ2) is 6.59. The van der Waals surface area contributed by atoms with Crippen LogP contribution in [0.2, 0.25) is 5.02 Å². The molecule has 1 atom stereocenters. The molecule has 0 heterocycles. The smallest absolute Gasteiger partial charge is 0.219 e. The van der Waals surface area contributed by atoms with E-state index < -0.39 is 6.10 Å². The molecule has 0 spiro atoms. The molecule has 0 aliphatic carbocycles. The van der Waals surface area contributed by atoms with Gasteiger partial charge in [-0.25, -0.2) is 0 Å². The van der Waals surface area contributed by atoms with Gasteiger partial charge in [-0.1, -0.05) is 23.7 Å². The quantitative estimate of drug-likeness (QED) is 0.829. The van der Waals surface area contributed by atoms with Gasteiger partial charge in [-0.05, 0) is 17.7 Å². The molecule has 0 fully saturated rings. The number of hydrogen-bond donors (Lipinski definition) is 2. The zero-order valence-corrected chi connectivity index (χ0v) is 10.4. The molecule has 94 valence electrons. The lowest BCUT2D eigenvalue weighted by Gasteiger charge is -2.23. The number of nitrogens with zero attached hydrogens (tertiary/aromatic N) is 1. The highest BCUT2D eigenvalue weighted by Crippen LogP contribution is 2.13. The molecule has 2 N–H and O–H groups in total. The fourth-order valence-electron chi connectivity index (χ4n) is 1.47. The number of hydrogen-bond acceptors (Lipinski definition) is 3. The van der Waals surface area contributed by atoms with Gasteiger partial charge < -0.3 is 15.1 Å².